The largest absolute Gasteiger partial charge is 0.492 e. The molecule has 180 valence electrons. The lowest BCUT2D eigenvalue weighted by atomic mass is 10.2. The Morgan fingerprint density at radius 2 is 2.03 bits per heavy atom. The number of fused-ring (bicyclic) bond motifs is 1. The maximum atomic E-state index is 13.3. The summed E-state index contributed by atoms with van der Waals surface area (Å²) in [5, 5.41) is 16.1. The van der Waals surface area contributed by atoms with E-state index in [1.54, 1.807) is 23.1 Å². The summed E-state index contributed by atoms with van der Waals surface area (Å²) in [7, 11) is 0. The number of amides is 1. The van der Waals surface area contributed by atoms with Crippen molar-refractivity contribution < 1.29 is 14.5 Å². The van der Waals surface area contributed by atoms with Crippen LogP contribution in [0.4, 0.5) is 10.8 Å². The molecular weight excluding hydrogens is 466 g/mol. The van der Waals surface area contributed by atoms with Gasteiger partial charge >= 0.3 is 0 Å². The van der Waals surface area contributed by atoms with Crippen LogP contribution in [0, 0.1) is 24.0 Å². The van der Waals surface area contributed by atoms with Crippen molar-refractivity contribution in [2.75, 3.05) is 18.1 Å². The van der Waals surface area contributed by atoms with Gasteiger partial charge in [0.2, 0.25) is 0 Å². The molecule has 0 unspecified atom stereocenters. The molecule has 0 bridgehead atoms. The number of hydrogen-bond donors (Lipinski definition) is 0. The molecule has 2 aromatic carbocycles. The number of aromatic nitrogens is 3. The lowest BCUT2D eigenvalue weighted by Crippen LogP contribution is -2.33. The fraction of sp³-hybridized carbons (Fsp3) is 0.240. The number of ether oxygens (including phenoxy) is 1. The zero-order valence-corrected chi connectivity index (χ0v) is 20.5. The normalized spacial score (nSPS) is 11.3. The van der Waals surface area contributed by atoms with Crippen LogP contribution in [0.15, 0.2) is 54.6 Å². The molecule has 4 aromatic rings. The third kappa shape index (κ3) is 5.55. The van der Waals surface area contributed by atoms with Gasteiger partial charge < -0.3 is 4.74 Å². The van der Waals surface area contributed by atoms with Crippen molar-refractivity contribution in [2.45, 2.75) is 27.3 Å². The number of nitro benzene ring substituents is 1. The molecule has 4 rings (SSSR count). The minimum atomic E-state index is -0.461. The monoisotopic (exact) mass is 491 g/mol. The van der Waals surface area contributed by atoms with Crippen LogP contribution in [0.5, 0.6) is 5.75 Å². The summed E-state index contributed by atoms with van der Waals surface area (Å²) in [5.41, 5.74) is 3.16. The highest BCUT2D eigenvalue weighted by molar-refractivity contribution is 7.22. The predicted molar refractivity (Wildman–Crippen MR) is 137 cm³/mol. The van der Waals surface area contributed by atoms with Crippen molar-refractivity contribution in [3.8, 4) is 5.75 Å². The van der Waals surface area contributed by atoms with Gasteiger partial charge in [0.15, 0.2) is 5.13 Å². The van der Waals surface area contributed by atoms with Crippen LogP contribution in [0.1, 0.15) is 23.9 Å². The predicted octanol–water partition coefficient (Wildman–Crippen LogP) is 5.16. The molecule has 0 aliphatic heterocycles. The molecule has 0 saturated carbocycles. The molecule has 0 saturated heterocycles. The average molecular weight is 492 g/mol. The highest BCUT2D eigenvalue weighted by atomic mass is 32.1. The highest BCUT2D eigenvalue weighted by Gasteiger charge is 2.20. The topological polar surface area (TPSA) is 103 Å². The van der Waals surface area contributed by atoms with Crippen molar-refractivity contribution in [1.82, 2.24) is 14.8 Å². The van der Waals surface area contributed by atoms with Gasteiger partial charge in [-0.15, -0.1) is 0 Å². The number of anilines is 1. The van der Waals surface area contributed by atoms with Crippen molar-refractivity contribution in [3.05, 3.63) is 81.7 Å². The number of benzene rings is 2. The third-order valence-corrected chi connectivity index (χ3v) is 6.35. The van der Waals surface area contributed by atoms with Crippen LogP contribution in [-0.2, 0) is 11.3 Å². The molecule has 35 heavy (non-hydrogen) atoms. The Labute approximate surface area is 206 Å². The third-order valence-electron chi connectivity index (χ3n) is 5.31. The van der Waals surface area contributed by atoms with E-state index in [4.69, 9.17) is 9.72 Å². The molecule has 0 spiro atoms. The molecule has 0 aliphatic carbocycles. The van der Waals surface area contributed by atoms with Gasteiger partial charge in [-0.2, -0.15) is 5.10 Å². The van der Waals surface area contributed by atoms with Crippen molar-refractivity contribution >= 4 is 44.4 Å². The number of nitro groups is 1. The minimum Gasteiger partial charge on any atom is -0.492 e. The fourth-order valence-corrected chi connectivity index (χ4v) is 4.71. The van der Waals surface area contributed by atoms with E-state index in [1.165, 1.54) is 29.5 Å². The maximum Gasteiger partial charge on any atom is 0.270 e. The number of hydrogen-bond acceptors (Lipinski definition) is 7. The fourth-order valence-electron chi connectivity index (χ4n) is 3.69. The molecule has 1 amide bonds. The summed E-state index contributed by atoms with van der Waals surface area (Å²) in [4.78, 5) is 30.3. The Hall–Kier alpha value is -4.05. The first-order valence-electron chi connectivity index (χ1n) is 11.1. The van der Waals surface area contributed by atoms with Gasteiger partial charge in [-0.05, 0) is 50.6 Å². The van der Waals surface area contributed by atoms with Crippen molar-refractivity contribution in [3.63, 3.8) is 0 Å². The Kier molecular flexibility index (Phi) is 7.21. The summed E-state index contributed by atoms with van der Waals surface area (Å²) < 4.78 is 8.49. The van der Waals surface area contributed by atoms with E-state index in [0.29, 0.717) is 41.7 Å². The number of para-hydroxylation sites is 1. The second-order valence-electron chi connectivity index (χ2n) is 7.86. The van der Waals surface area contributed by atoms with Crippen molar-refractivity contribution in [2.24, 2.45) is 0 Å². The van der Waals surface area contributed by atoms with Crippen LogP contribution in [0.25, 0.3) is 16.3 Å². The number of non-ortho nitro benzene ring substituents is 1. The molecule has 10 heteroatoms. The van der Waals surface area contributed by atoms with Crippen molar-refractivity contribution in [1.29, 1.82) is 0 Å². The summed E-state index contributed by atoms with van der Waals surface area (Å²) in [6, 6.07) is 13.8. The molecule has 9 nitrogen and oxygen atoms in total. The standard InChI is InChI=1S/C25H25N5O4S/c1-4-34-21-9-6-10-22-24(21)26-25(35-22)28(13-14-29-18(3)15-17(2)27-29)23(31)12-11-19-7-5-8-20(16-19)30(32)33/h5-12,15-16H,4,13-14H2,1-3H3/b12-11+. The van der Waals surface area contributed by atoms with Gasteiger partial charge in [0, 0.05) is 30.4 Å². The first-order valence-corrected chi connectivity index (χ1v) is 11.9. The molecule has 0 N–H and O–H groups in total. The molecule has 2 heterocycles. The zero-order chi connectivity index (χ0) is 24.9. The van der Waals surface area contributed by atoms with Crippen LogP contribution >= 0.6 is 11.3 Å². The summed E-state index contributed by atoms with van der Waals surface area (Å²) >= 11 is 1.41. The van der Waals surface area contributed by atoms with Crippen LogP contribution in [0.3, 0.4) is 0 Å². The smallest absolute Gasteiger partial charge is 0.270 e. The second-order valence-corrected chi connectivity index (χ2v) is 8.87. The molecule has 0 atom stereocenters. The van der Waals surface area contributed by atoms with E-state index >= 15 is 0 Å². The summed E-state index contributed by atoms with van der Waals surface area (Å²) in [5.74, 6) is 0.389. The molecule has 0 radical (unpaired) electrons. The molecule has 0 fully saturated rings. The zero-order valence-electron chi connectivity index (χ0n) is 19.7. The number of nitrogens with zero attached hydrogens (tertiary/aromatic N) is 5. The van der Waals surface area contributed by atoms with Gasteiger partial charge in [0.05, 0.1) is 28.5 Å². The summed E-state index contributed by atoms with van der Waals surface area (Å²) in [6.45, 7) is 7.17. The molecular formula is C25H25N5O4S. The van der Waals surface area contributed by atoms with E-state index in [9.17, 15) is 14.9 Å². The Balaban J connectivity index is 1.66. The van der Waals surface area contributed by atoms with Crippen LogP contribution < -0.4 is 9.64 Å². The number of thiazole rings is 1. The first kappa shape index (κ1) is 24.1. The quantitative estimate of drug-likeness (QED) is 0.182. The number of carbonyl (C=O) groups excluding carboxylic acids is 1. The van der Waals surface area contributed by atoms with Crippen LogP contribution in [0.2, 0.25) is 0 Å². The maximum absolute atomic E-state index is 13.3. The van der Waals surface area contributed by atoms with E-state index in [2.05, 4.69) is 5.10 Å². The first-order chi connectivity index (χ1) is 16.9. The minimum absolute atomic E-state index is 0.0318. The second kappa shape index (κ2) is 10.5. The van der Waals surface area contributed by atoms with E-state index in [0.717, 1.165) is 16.1 Å². The van der Waals surface area contributed by atoms with Gasteiger partial charge in [-0.25, -0.2) is 4.98 Å². The highest BCUT2D eigenvalue weighted by Crippen LogP contribution is 2.34. The Morgan fingerprint density at radius 3 is 2.74 bits per heavy atom. The van der Waals surface area contributed by atoms with Gasteiger partial charge in [-0.1, -0.05) is 29.5 Å². The Morgan fingerprint density at radius 1 is 1.23 bits per heavy atom. The SMILES string of the molecule is CCOc1cccc2sc(N(CCn3nc(C)cc3C)C(=O)/C=C/c3cccc([N+](=O)[O-])c3)nc12. The van der Waals surface area contributed by atoms with Gasteiger partial charge in [0.25, 0.3) is 11.6 Å². The number of carbonyl (C=O) groups is 1. The number of rotatable bonds is 9. The summed E-state index contributed by atoms with van der Waals surface area (Å²) in [6.07, 6.45) is 2.99. The Bertz CT molecular complexity index is 1410. The molecule has 2 aromatic heterocycles. The number of aryl methyl sites for hydroxylation is 2. The van der Waals surface area contributed by atoms with E-state index in [1.807, 2.05) is 49.7 Å². The van der Waals surface area contributed by atoms with E-state index < -0.39 is 4.92 Å². The van der Waals surface area contributed by atoms with E-state index in [-0.39, 0.29) is 11.6 Å². The van der Waals surface area contributed by atoms with Gasteiger partial charge in [0.1, 0.15) is 11.3 Å². The van der Waals surface area contributed by atoms with Gasteiger partial charge in [-0.3, -0.25) is 24.5 Å². The average Bonchev–Trinajstić information content (AvgIpc) is 3.41. The lowest BCUT2D eigenvalue weighted by molar-refractivity contribution is -0.384. The van der Waals surface area contributed by atoms with Crippen LogP contribution in [-0.4, -0.2) is 38.7 Å². The molecule has 0 aliphatic rings. The lowest BCUT2D eigenvalue weighted by Gasteiger charge is -2.18.